The molecule has 8 heteroatoms. The van der Waals surface area contributed by atoms with Gasteiger partial charge in [-0.25, -0.2) is 9.97 Å². The first-order chi connectivity index (χ1) is 14.2. The molecule has 1 amide bonds. The molecule has 7 nitrogen and oxygen atoms in total. The minimum Gasteiger partial charge on any atom is -0.437 e. The van der Waals surface area contributed by atoms with E-state index in [1.807, 2.05) is 43.3 Å². The first kappa shape index (κ1) is 18.9. The smallest absolute Gasteiger partial charge is 0.237 e. The summed E-state index contributed by atoms with van der Waals surface area (Å²) >= 11 is 1.52. The van der Waals surface area contributed by atoms with E-state index in [-0.39, 0.29) is 11.2 Å². The first-order valence-corrected chi connectivity index (χ1v) is 10.1. The molecule has 2 aromatic carbocycles. The molecule has 2 aromatic heterocycles. The molecule has 1 unspecified atom stereocenters. The van der Waals surface area contributed by atoms with Gasteiger partial charge >= 0.3 is 0 Å². The van der Waals surface area contributed by atoms with Crippen molar-refractivity contribution in [1.82, 2.24) is 19.9 Å². The van der Waals surface area contributed by atoms with Gasteiger partial charge in [0.05, 0.1) is 28.2 Å². The zero-order valence-corrected chi connectivity index (χ0v) is 16.5. The molecule has 0 aliphatic rings. The zero-order valence-electron chi connectivity index (χ0n) is 15.7. The van der Waals surface area contributed by atoms with E-state index in [4.69, 9.17) is 4.74 Å². The number of anilines is 1. The van der Waals surface area contributed by atoms with Gasteiger partial charge in [0.25, 0.3) is 0 Å². The van der Waals surface area contributed by atoms with Crippen LogP contribution in [0.25, 0.3) is 11.0 Å². The summed E-state index contributed by atoms with van der Waals surface area (Å²) in [6.07, 6.45) is 4.66. The van der Waals surface area contributed by atoms with Gasteiger partial charge in [0, 0.05) is 24.1 Å². The number of nitrogens with one attached hydrogen (secondary N) is 2. The molecule has 0 aliphatic heterocycles. The van der Waals surface area contributed by atoms with Crippen molar-refractivity contribution >= 4 is 34.4 Å². The monoisotopic (exact) mass is 405 g/mol. The Morgan fingerprint density at radius 1 is 1.21 bits per heavy atom. The summed E-state index contributed by atoms with van der Waals surface area (Å²) in [4.78, 5) is 28.3. The third-order valence-corrected chi connectivity index (χ3v) is 5.29. The van der Waals surface area contributed by atoms with Crippen LogP contribution in [0.3, 0.4) is 0 Å². The highest BCUT2D eigenvalue weighted by atomic mass is 32.2. The van der Waals surface area contributed by atoms with Crippen LogP contribution >= 0.6 is 11.8 Å². The largest absolute Gasteiger partial charge is 0.437 e. The highest BCUT2D eigenvalue weighted by Crippen LogP contribution is 2.28. The molecule has 29 heavy (non-hydrogen) atoms. The van der Waals surface area contributed by atoms with Crippen LogP contribution < -0.4 is 10.1 Å². The van der Waals surface area contributed by atoms with Crippen molar-refractivity contribution in [2.45, 2.75) is 12.2 Å². The lowest BCUT2D eigenvalue weighted by molar-refractivity contribution is -0.113. The molecular formula is C21H19N5O2S. The van der Waals surface area contributed by atoms with Gasteiger partial charge in [-0.1, -0.05) is 18.2 Å². The lowest BCUT2D eigenvalue weighted by Gasteiger charge is -2.10. The van der Waals surface area contributed by atoms with Crippen LogP contribution in [0.1, 0.15) is 18.0 Å². The number of hydrogen-bond donors (Lipinski definition) is 2. The number of H-pyrrole nitrogens is 1. The van der Waals surface area contributed by atoms with E-state index in [0.29, 0.717) is 23.1 Å². The molecular weight excluding hydrogens is 386 g/mol. The van der Waals surface area contributed by atoms with Crippen molar-refractivity contribution in [1.29, 1.82) is 0 Å². The molecule has 2 N–H and O–H groups in total. The van der Waals surface area contributed by atoms with Gasteiger partial charge in [-0.15, -0.1) is 11.8 Å². The number of carbonyl (C=O) groups excluding carboxylic acids is 1. The molecule has 0 aliphatic carbocycles. The van der Waals surface area contributed by atoms with Gasteiger partial charge in [0.1, 0.15) is 11.6 Å². The number of nitrogens with zero attached hydrogens (tertiary/aromatic N) is 3. The molecule has 0 bridgehead atoms. The Hall–Kier alpha value is -3.39. The van der Waals surface area contributed by atoms with Crippen molar-refractivity contribution in [2.24, 2.45) is 0 Å². The summed E-state index contributed by atoms with van der Waals surface area (Å²) in [5.74, 6) is 2.06. The summed E-state index contributed by atoms with van der Waals surface area (Å²) < 4.78 is 5.64. The maximum absolute atomic E-state index is 12.4. The van der Waals surface area contributed by atoms with E-state index in [1.165, 1.54) is 18.0 Å². The summed E-state index contributed by atoms with van der Waals surface area (Å²) in [5, 5.41) is 2.96. The van der Waals surface area contributed by atoms with Crippen LogP contribution in [-0.2, 0) is 4.79 Å². The van der Waals surface area contributed by atoms with Crippen molar-refractivity contribution < 1.29 is 9.53 Å². The summed E-state index contributed by atoms with van der Waals surface area (Å²) in [7, 11) is 0. The van der Waals surface area contributed by atoms with Crippen LogP contribution in [-0.4, -0.2) is 31.6 Å². The predicted molar refractivity (Wildman–Crippen MR) is 114 cm³/mol. The number of thioether (sulfide) groups is 1. The molecule has 146 valence electrons. The van der Waals surface area contributed by atoms with E-state index < -0.39 is 0 Å². The number of hydrogen-bond acceptors (Lipinski definition) is 6. The van der Waals surface area contributed by atoms with Crippen molar-refractivity contribution in [3.05, 3.63) is 72.9 Å². The molecule has 4 rings (SSSR count). The first-order valence-electron chi connectivity index (χ1n) is 9.07. The van der Waals surface area contributed by atoms with E-state index >= 15 is 0 Å². The number of benzene rings is 2. The zero-order chi connectivity index (χ0) is 20.1. The Balaban J connectivity index is 1.33. The van der Waals surface area contributed by atoms with Gasteiger partial charge in [-0.2, -0.15) is 0 Å². The van der Waals surface area contributed by atoms with Crippen LogP contribution in [0.5, 0.6) is 11.6 Å². The summed E-state index contributed by atoms with van der Waals surface area (Å²) in [6, 6.07) is 15.1. The molecule has 0 fully saturated rings. The second-order valence-electron chi connectivity index (χ2n) is 6.31. The summed E-state index contributed by atoms with van der Waals surface area (Å²) in [5.41, 5.74) is 2.59. The SMILES string of the molecule is CC(SCC(=O)Nc1cccc(Oc2cnccn2)c1)c1nc2ccccc2[nH]1. The number of ether oxygens (including phenoxy) is 1. The highest BCUT2D eigenvalue weighted by Gasteiger charge is 2.13. The maximum atomic E-state index is 12.4. The number of fused-ring (bicyclic) bond motifs is 1. The van der Waals surface area contributed by atoms with Crippen LogP contribution in [0.4, 0.5) is 5.69 Å². The number of rotatable bonds is 7. The Morgan fingerprint density at radius 3 is 2.93 bits per heavy atom. The van der Waals surface area contributed by atoms with Gasteiger partial charge < -0.3 is 15.0 Å². The average molecular weight is 405 g/mol. The van der Waals surface area contributed by atoms with Crippen LogP contribution in [0.15, 0.2) is 67.1 Å². The standard InChI is InChI=1S/C21H19N5O2S/c1-14(21-25-17-7-2-3-8-18(17)26-21)29-13-19(27)24-15-5-4-6-16(11-15)28-20-12-22-9-10-23-20/h2-12,14H,13H2,1H3,(H,24,27)(H,25,26). The Bertz CT molecular complexity index is 1080. The average Bonchev–Trinajstić information content (AvgIpc) is 3.17. The second kappa shape index (κ2) is 8.74. The molecule has 4 aromatic rings. The molecule has 2 heterocycles. The van der Waals surface area contributed by atoms with Crippen molar-refractivity contribution in [3.8, 4) is 11.6 Å². The van der Waals surface area contributed by atoms with E-state index in [2.05, 4.69) is 25.3 Å². The number of aromatic nitrogens is 4. The minimum absolute atomic E-state index is 0.0690. The Labute approximate surface area is 172 Å². The molecule has 0 saturated heterocycles. The fourth-order valence-corrected chi connectivity index (χ4v) is 3.48. The lowest BCUT2D eigenvalue weighted by Crippen LogP contribution is -2.14. The third kappa shape index (κ3) is 4.91. The fraction of sp³-hybridized carbons (Fsp3) is 0.143. The Morgan fingerprint density at radius 2 is 2.10 bits per heavy atom. The number of aromatic amines is 1. The van der Waals surface area contributed by atoms with E-state index in [0.717, 1.165) is 16.9 Å². The Kier molecular flexibility index (Phi) is 5.71. The van der Waals surface area contributed by atoms with Gasteiger partial charge in [0.2, 0.25) is 11.8 Å². The number of imidazole rings is 1. The minimum atomic E-state index is -0.0883. The van der Waals surface area contributed by atoms with Gasteiger partial charge in [-0.05, 0) is 31.2 Å². The van der Waals surface area contributed by atoms with Crippen molar-refractivity contribution in [2.75, 3.05) is 11.1 Å². The summed E-state index contributed by atoms with van der Waals surface area (Å²) in [6.45, 7) is 2.03. The molecule has 1 atom stereocenters. The normalized spacial score (nSPS) is 11.9. The van der Waals surface area contributed by atoms with Gasteiger partial charge in [0.15, 0.2) is 0 Å². The lowest BCUT2D eigenvalue weighted by atomic mass is 10.3. The quantitative estimate of drug-likeness (QED) is 0.468. The highest BCUT2D eigenvalue weighted by molar-refractivity contribution is 8.00. The van der Waals surface area contributed by atoms with E-state index in [9.17, 15) is 4.79 Å². The second-order valence-corrected chi connectivity index (χ2v) is 7.64. The number of carbonyl (C=O) groups is 1. The van der Waals surface area contributed by atoms with E-state index in [1.54, 1.807) is 24.5 Å². The molecule has 0 spiro atoms. The maximum Gasteiger partial charge on any atom is 0.237 e. The third-order valence-electron chi connectivity index (χ3n) is 4.14. The number of para-hydroxylation sites is 2. The van der Waals surface area contributed by atoms with Gasteiger partial charge in [-0.3, -0.25) is 9.78 Å². The predicted octanol–water partition coefficient (Wildman–Crippen LogP) is 4.58. The molecule has 0 saturated carbocycles. The number of amides is 1. The topological polar surface area (TPSA) is 92.8 Å². The fourth-order valence-electron chi connectivity index (χ4n) is 2.74. The molecule has 0 radical (unpaired) electrons. The van der Waals surface area contributed by atoms with Crippen molar-refractivity contribution in [3.63, 3.8) is 0 Å². The van der Waals surface area contributed by atoms with Crippen LogP contribution in [0.2, 0.25) is 0 Å². The van der Waals surface area contributed by atoms with Crippen LogP contribution in [0, 0.1) is 0 Å².